The Morgan fingerprint density at radius 2 is 1.73 bits per heavy atom. The molecule has 44 heavy (non-hydrogen) atoms. The summed E-state index contributed by atoms with van der Waals surface area (Å²) in [6.07, 6.45) is -2.81. The predicted octanol–water partition coefficient (Wildman–Crippen LogP) is 6.78. The molecule has 232 valence electrons. The standard InChI is InChI=1S/C33H35F3N4O4/c1-21-6-7-25(19-29(41)43-5)24(18-21)10-13-28-27(33(34,35)36)20-37-30(39-28)38-26-11-8-22(9-12-26)23-14-16-40(17-15-23)31(42)44-32(2,3)4/h6-9,11-12,18,20,23H,14-17,19H2,1-5H3,(H,37,38,39). The van der Waals surface area contributed by atoms with Gasteiger partial charge in [-0.15, -0.1) is 0 Å². The largest absolute Gasteiger partial charge is 0.469 e. The molecule has 1 aliphatic heterocycles. The van der Waals surface area contributed by atoms with Crippen LogP contribution in [0, 0.1) is 18.8 Å². The number of likely N-dealkylation sites (tertiary alicyclic amines) is 1. The average molecular weight is 609 g/mol. The molecule has 0 unspecified atom stereocenters. The summed E-state index contributed by atoms with van der Waals surface area (Å²) < 4.78 is 51.6. The Morgan fingerprint density at radius 3 is 2.34 bits per heavy atom. The van der Waals surface area contributed by atoms with Gasteiger partial charge in [0.1, 0.15) is 16.9 Å². The number of esters is 1. The average Bonchev–Trinajstić information content (AvgIpc) is 2.96. The highest BCUT2D eigenvalue weighted by Crippen LogP contribution is 2.32. The van der Waals surface area contributed by atoms with Gasteiger partial charge in [-0.1, -0.05) is 30.2 Å². The van der Waals surface area contributed by atoms with Crippen molar-refractivity contribution in [3.05, 3.63) is 82.2 Å². The van der Waals surface area contributed by atoms with E-state index < -0.39 is 29.0 Å². The highest BCUT2D eigenvalue weighted by molar-refractivity contribution is 5.73. The van der Waals surface area contributed by atoms with Gasteiger partial charge >= 0.3 is 18.2 Å². The lowest BCUT2D eigenvalue weighted by atomic mass is 9.89. The van der Waals surface area contributed by atoms with E-state index in [0.29, 0.717) is 36.1 Å². The van der Waals surface area contributed by atoms with E-state index in [1.807, 2.05) is 52.0 Å². The fraction of sp³-hybridized carbons (Fsp3) is 0.394. The number of benzene rings is 2. The molecule has 0 radical (unpaired) electrons. The van der Waals surface area contributed by atoms with Crippen LogP contribution in [0.4, 0.5) is 29.6 Å². The molecule has 0 saturated carbocycles. The normalized spacial score (nSPS) is 14.0. The topological polar surface area (TPSA) is 93.7 Å². The maximum atomic E-state index is 13.8. The van der Waals surface area contributed by atoms with Gasteiger partial charge in [-0.05, 0) is 87.3 Å². The molecule has 11 heteroatoms. The first kappa shape index (κ1) is 32.3. The molecule has 0 bridgehead atoms. The molecule has 1 saturated heterocycles. The van der Waals surface area contributed by atoms with Crippen molar-refractivity contribution >= 4 is 23.7 Å². The number of methoxy groups -OCH3 is 1. The Balaban J connectivity index is 1.50. The van der Waals surface area contributed by atoms with E-state index >= 15 is 0 Å². The summed E-state index contributed by atoms with van der Waals surface area (Å²) in [4.78, 5) is 33.9. The van der Waals surface area contributed by atoms with Gasteiger partial charge in [-0.2, -0.15) is 13.2 Å². The van der Waals surface area contributed by atoms with Crippen LogP contribution in [0.5, 0.6) is 0 Å². The molecule has 1 aliphatic rings. The van der Waals surface area contributed by atoms with Gasteiger partial charge in [-0.25, -0.2) is 14.8 Å². The molecule has 2 heterocycles. The second-order valence-electron chi connectivity index (χ2n) is 11.6. The number of carbonyl (C=O) groups is 2. The maximum Gasteiger partial charge on any atom is 0.420 e. The van der Waals surface area contributed by atoms with Gasteiger partial charge in [0, 0.05) is 30.5 Å². The summed E-state index contributed by atoms with van der Waals surface area (Å²) in [5.41, 5.74) is 1.37. The molecular formula is C33H35F3N4O4. The molecule has 1 fully saturated rings. The van der Waals surface area contributed by atoms with Crippen LogP contribution in [-0.4, -0.2) is 52.7 Å². The summed E-state index contributed by atoms with van der Waals surface area (Å²) in [7, 11) is 1.26. The summed E-state index contributed by atoms with van der Waals surface area (Å²) >= 11 is 0. The number of ether oxygens (including phenoxy) is 2. The van der Waals surface area contributed by atoms with Crippen molar-refractivity contribution in [2.24, 2.45) is 0 Å². The van der Waals surface area contributed by atoms with Crippen molar-refractivity contribution in [2.45, 2.75) is 64.7 Å². The van der Waals surface area contributed by atoms with Crippen LogP contribution in [0.25, 0.3) is 0 Å². The first-order valence-corrected chi connectivity index (χ1v) is 14.2. The lowest BCUT2D eigenvalue weighted by molar-refractivity contribution is -0.140. The number of amides is 1. The third-order valence-electron chi connectivity index (χ3n) is 7.02. The third kappa shape index (κ3) is 8.72. The van der Waals surface area contributed by atoms with Gasteiger partial charge in [0.25, 0.3) is 0 Å². The molecule has 2 aromatic carbocycles. The summed E-state index contributed by atoms with van der Waals surface area (Å²) in [6.45, 7) is 8.52. The molecule has 0 spiro atoms. The molecule has 4 rings (SSSR count). The number of nitrogens with zero attached hydrogens (tertiary/aromatic N) is 3. The van der Waals surface area contributed by atoms with Crippen LogP contribution in [0.15, 0.2) is 48.7 Å². The number of anilines is 2. The van der Waals surface area contributed by atoms with Crippen LogP contribution < -0.4 is 5.32 Å². The molecule has 8 nitrogen and oxygen atoms in total. The van der Waals surface area contributed by atoms with Gasteiger partial charge in [0.2, 0.25) is 5.95 Å². The Morgan fingerprint density at radius 1 is 1.05 bits per heavy atom. The van der Waals surface area contributed by atoms with Crippen LogP contribution in [0.1, 0.15) is 73.0 Å². The minimum Gasteiger partial charge on any atom is -0.469 e. The number of halogens is 3. The number of hydrogen-bond acceptors (Lipinski definition) is 7. The zero-order valence-corrected chi connectivity index (χ0v) is 25.3. The minimum absolute atomic E-state index is 0.0419. The maximum absolute atomic E-state index is 13.8. The number of aryl methyl sites for hydroxylation is 1. The first-order valence-electron chi connectivity index (χ1n) is 14.2. The summed E-state index contributed by atoms with van der Waals surface area (Å²) in [5, 5.41) is 2.96. The SMILES string of the molecule is COC(=O)Cc1ccc(C)cc1C#Cc1nc(Nc2ccc(C3CCN(C(=O)OC(C)(C)C)CC3)cc2)ncc1C(F)(F)F. The van der Waals surface area contributed by atoms with Crippen LogP contribution in [0.2, 0.25) is 0 Å². The fourth-order valence-electron chi connectivity index (χ4n) is 4.75. The third-order valence-corrected chi connectivity index (χ3v) is 7.02. The Kier molecular flexibility index (Phi) is 9.82. The zero-order chi connectivity index (χ0) is 32.1. The Bertz CT molecular complexity index is 1560. The van der Waals surface area contributed by atoms with E-state index in [0.717, 1.165) is 24.0 Å². The summed E-state index contributed by atoms with van der Waals surface area (Å²) in [5.74, 6) is 5.04. The second-order valence-corrected chi connectivity index (χ2v) is 11.6. The number of nitrogens with one attached hydrogen (secondary N) is 1. The smallest absolute Gasteiger partial charge is 0.420 e. The molecular weight excluding hydrogens is 573 g/mol. The quantitative estimate of drug-likeness (QED) is 0.252. The van der Waals surface area contributed by atoms with Crippen LogP contribution in [-0.2, 0) is 26.9 Å². The molecule has 0 atom stereocenters. The minimum atomic E-state index is -4.72. The van der Waals surface area contributed by atoms with Crippen molar-refractivity contribution < 1.29 is 32.2 Å². The number of rotatable bonds is 5. The van der Waals surface area contributed by atoms with Gasteiger partial charge < -0.3 is 19.7 Å². The van der Waals surface area contributed by atoms with Gasteiger partial charge in [0.15, 0.2) is 0 Å². The van der Waals surface area contributed by atoms with Crippen LogP contribution >= 0.6 is 0 Å². The van der Waals surface area contributed by atoms with Gasteiger partial charge in [-0.3, -0.25) is 4.79 Å². The molecule has 1 amide bonds. The van der Waals surface area contributed by atoms with E-state index in [4.69, 9.17) is 9.47 Å². The second kappa shape index (κ2) is 13.4. The molecule has 1 N–H and O–H groups in total. The lowest BCUT2D eigenvalue weighted by Gasteiger charge is -2.33. The predicted molar refractivity (Wildman–Crippen MR) is 159 cm³/mol. The number of aromatic nitrogens is 2. The summed E-state index contributed by atoms with van der Waals surface area (Å²) in [6, 6.07) is 12.7. The van der Waals surface area contributed by atoms with E-state index in [1.165, 1.54) is 7.11 Å². The van der Waals surface area contributed by atoms with Crippen LogP contribution in [0.3, 0.4) is 0 Å². The van der Waals surface area contributed by atoms with Crippen molar-refractivity contribution in [1.82, 2.24) is 14.9 Å². The molecule has 3 aromatic rings. The number of hydrogen-bond donors (Lipinski definition) is 1. The first-order chi connectivity index (χ1) is 20.7. The fourth-order valence-corrected chi connectivity index (χ4v) is 4.75. The van der Waals surface area contributed by atoms with E-state index in [-0.39, 0.29) is 24.4 Å². The molecule has 0 aliphatic carbocycles. The van der Waals surface area contributed by atoms with Crippen molar-refractivity contribution in [2.75, 3.05) is 25.5 Å². The number of carbonyl (C=O) groups excluding carboxylic acids is 2. The van der Waals surface area contributed by atoms with E-state index in [9.17, 15) is 22.8 Å². The number of alkyl halides is 3. The Hall–Kier alpha value is -4.59. The van der Waals surface area contributed by atoms with Gasteiger partial charge in [0.05, 0.1) is 13.5 Å². The van der Waals surface area contributed by atoms with Crippen molar-refractivity contribution in [3.63, 3.8) is 0 Å². The van der Waals surface area contributed by atoms with Crippen molar-refractivity contribution in [3.8, 4) is 11.8 Å². The highest BCUT2D eigenvalue weighted by Gasteiger charge is 2.35. The lowest BCUT2D eigenvalue weighted by Crippen LogP contribution is -2.41. The number of piperidine rings is 1. The highest BCUT2D eigenvalue weighted by atomic mass is 19.4. The van der Waals surface area contributed by atoms with Crippen molar-refractivity contribution in [1.29, 1.82) is 0 Å². The zero-order valence-electron chi connectivity index (χ0n) is 25.3. The van der Waals surface area contributed by atoms with E-state index in [2.05, 4.69) is 27.1 Å². The monoisotopic (exact) mass is 608 g/mol. The Labute approximate surface area is 255 Å². The van der Waals surface area contributed by atoms with E-state index in [1.54, 1.807) is 23.1 Å². The molecule has 1 aromatic heterocycles.